The molecule has 0 aromatic carbocycles. The van der Waals surface area contributed by atoms with Crippen LogP contribution in [0.1, 0.15) is 6.92 Å². The summed E-state index contributed by atoms with van der Waals surface area (Å²) in [7, 11) is 0. The molecule has 1 N–H and O–H groups in total. The van der Waals surface area contributed by atoms with Gasteiger partial charge in [0, 0.05) is 6.21 Å². The van der Waals surface area contributed by atoms with E-state index in [1.54, 1.807) is 12.3 Å². The second-order valence-electron chi connectivity index (χ2n) is 1.04. The first-order chi connectivity index (χ1) is 3.41. The molecule has 2 nitrogen and oxygen atoms in total. The fourth-order valence-corrected chi connectivity index (χ4v) is 0.209. The van der Waals surface area contributed by atoms with Gasteiger partial charge in [0.2, 0.25) is 0 Å². The predicted octanol–water partition coefficient (Wildman–Crippen LogP) is 0.768. The van der Waals surface area contributed by atoms with E-state index in [-0.39, 0.29) is 0 Å². The molecule has 0 unspecified atom stereocenters. The van der Waals surface area contributed by atoms with Crippen LogP contribution in [0.25, 0.3) is 0 Å². The summed E-state index contributed by atoms with van der Waals surface area (Å²) >= 11 is 0. The van der Waals surface area contributed by atoms with Crippen LogP contribution in [0.3, 0.4) is 0 Å². The van der Waals surface area contributed by atoms with Crippen LogP contribution < -0.4 is 5.43 Å². The molecule has 0 spiro atoms. The lowest BCUT2D eigenvalue weighted by Gasteiger charge is -1.87. The van der Waals surface area contributed by atoms with Crippen molar-refractivity contribution >= 4 is 6.21 Å². The maximum Gasteiger partial charge on any atom is 0.0507 e. The second-order valence-corrected chi connectivity index (χ2v) is 1.04. The van der Waals surface area contributed by atoms with Crippen LogP contribution in [0.15, 0.2) is 17.8 Å². The molecule has 0 fully saturated rings. The lowest BCUT2D eigenvalue weighted by Crippen LogP contribution is -2.02. The molecule has 0 rings (SSSR count). The molecule has 0 amide bonds. The molecule has 0 saturated carbocycles. The summed E-state index contributed by atoms with van der Waals surface area (Å²) in [5.74, 6) is 0. The van der Waals surface area contributed by atoms with Crippen LogP contribution in [0.4, 0.5) is 0 Å². The maximum absolute atomic E-state index is 3.72. The van der Waals surface area contributed by atoms with E-state index in [4.69, 9.17) is 0 Å². The molecule has 0 aromatic heterocycles. The van der Waals surface area contributed by atoms with E-state index in [1.165, 1.54) is 0 Å². The molecular weight excluding hydrogens is 88.1 g/mol. The number of rotatable bonds is 3. The van der Waals surface area contributed by atoms with Crippen molar-refractivity contribution in [3.8, 4) is 0 Å². The summed E-state index contributed by atoms with van der Waals surface area (Å²) in [6, 6.07) is 0. The smallest absolute Gasteiger partial charge is 0.0507 e. The Hall–Kier alpha value is -0.790. The van der Waals surface area contributed by atoms with E-state index >= 15 is 0 Å². The molecule has 2 heteroatoms. The first-order valence-corrected chi connectivity index (χ1v) is 2.23. The Morgan fingerprint density at radius 1 is 1.86 bits per heavy atom. The first-order valence-electron chi connectivity index (χ1n) is 2.23. The third-order valence-electron chi connectivity index (χ3n) is 0.456. The average molecular weight is 98.1 g/mol. The van der Waals surface area contributed by atoms with E-state index in [0.29, 0.717) is 0 Å². The monoisotopic (exact) mass is 98.1 g/mol. The van der Waals surface area contributed by atoms with Crippen LogP contribution >= 0.6 is 0 Å². The van der Waals surface area contributed by atoms with Gasteiger partial charge >= 0.3 is 0 Å². The highest BCUT2D eigenvalue weighted by Gasteiger charge is 1.62. The van der Waals surface area contributed by atoms with Gasteiger partial charge in [0.05, 0.1) is 6.54 Å². The number of nitrogens with zero attached hydrogens (tertiary/aromatic N) is 1. The zero-order chi connectivity index (χ0) is 5.54. The minimum absolute atomic E-state index is 0.740. The van der Waals surface area contributed by atoms with Gasteiger partial charge in [-0.1, -0.05) is 6.08 Å². The Balaban J connectivity index is 2.82. The summed E-state index contributed by atoms with van der Waals surface area (Å²) in [4.78, 5) is 0. The molecule has 40 valence electrons. The van der Waals surface area contributed by atoms with Crippen molar-refractivity contribution in [3.05, 3.63) is 12.7 Å². The molecule has 0 aliphatic carbocycles. The van der Waals surface area contributed by atoms with E-state index in [9.17, 15) is 0 Å². The highest BCUT2D eigenvalue weighted by molar-refractivity contribution is 5.52. The third-order valence-corrected chi connectivity index (χ3v) is 0.456. The Morgan fingerprint density at radius 3 is 3.00 bits per heavy atom. The Labute approximate surface area is 43.9 Å². The topological polar surface area (TPSA) is 24.4 Å². The van der Waals surface area contributed by atoms with Crippen molar-refractivity contribution in [1.82, 2.24) is 5.43 Å². The van der Waals surface area contributed by atoms with E-state index < -0.39 is 0 Å². The largest absolute Gasteiger partial charge is 0.307 e. The molecule has 0 atom stereocenters. The van der Waals surface area contributed by atoms with E-state index in [0.717, 1.165) is 6.54 Å². The summed E-state index contributed by atoms with van der Waals surface area (Å²) in [6.45, 7) is 6.09. The maximum atomic E-state index is 3.72. The second kappa shape index (κ2) is 5.21. The number of hydrogen-bond donors (Lipinski definition) is 1. The minimum Gasteiger partial charge on any atom is -0.307 e. The molecule has 0 aromatic rings. The lowest BCUT2D eigenvalue weighted by atomic mass is 10.7. The molecule has 0 aliphatic heterocycles. The Kier molecular flexibility index (Phi) is 4.62. The van der Waals surface area contributed by atoms with Crippen LogP contribution in [-0.4, -0.2) is 12.8 Å². The SMILES string of the molecule is C=CCNN=CC. The highest BCUT2D eigenvalue weighted by atomic mass is 15.3. The molecule has 0 radical (unpaired) electrons. The van der Waals surface area contributed by atoms with Gasteiger partial charge in [0.15, 0.2) is 0 Å². The first kappa shape index (κ1) is 6.21. The van der Waals surface area contributed by atoms with Crippen LogP contribution in [0.2, 0.25) is 0 Å². The van der Waals surface area contributed by atoms with Crippen molar-refractivity contribution < 1.29 is 0 Å². The van der Waals surface area contributed by atoms with Crippen molar-refractivity contribution in [2.45, 2.75) is 6.92 Å². The van der Waals surface area contributed by atoms with Gasteiger partial charge in [0.1, 0.15) is 0 Å². The zero-order valence-electron chi connectivity index (χ0n) is 4.52. The summed E-state index contributed by atoms with van der Waals surface area (Å²) in [6.07, 6.45) is 3.45. The van der Waals surface area contributed by atoms with Gasteiger partial charge < -0.3 is 5.43 Å². The minimum atomic E-state index is 0.740. The fraction of sp³-hybridized carbons (Fsp3) is 0.400. The van der Waals surface area contributed by atoms with Crippen molar-refractivity contribution in [3.63, 3.8) is 0 Å². The quantitative estimate of drug-likeness (QED) is 0.240. The van der Waals surface area contributed by atoms with Crippen molar-refractivity contribution in [2.24, 2.45) is 5.10 Å². The molecule has 0 bridgehead atoms. The van der Waals surface area contributed by atoms with Gasteiger partial charge in [-0.25, -0.2) is 0 Å². The third kappa shape index (κ3) is 5.21. The van der Waals surface area contributed by atoms with Crippen LogP contribution in [0, 0.1) is 0 Å². The van der Waals surface area contributed by atoms with Gasteiger partial charge in [-0.3, -0.25) is 0 Å². The standard InChI is InChI=1S/C5H10N2/c1-3-5-7-6-4-2/h3-4,7H,1,5H2,2H3. The normalized spacial score (nSPS) is 9.29. The van der Waals surface area contributed by atoms with Crippen LogP contribution in [-0.2, 0) is 0 Å². The van der Waals surface area contributed by atoms with Gasteiger partial charge in [-0.15, -0.1) is 6.58 Å². The van der Waals surface area contributed by atoms with Crippen molar-refractivity contribution in [1.29, 1.82) is 0 Å². The average Bonchev–Trinajstić information content (AvgIpc) is 1.69. The molecule has 0 heterocycles. The summed E-state index contributed by atoms with van der Waals surface area (Å²) in [5, 5.41) is 3.72. The molecule has 0 aliphatic rings. The Bertz CT molecular complexity index is 66.5. The summed E-state index contributed by atoms with van der Waals surface area (Å²) < 4.78 is 0. The van der Waals surface area contributed by atoms with E-state index in [1.807, 2.05) is 6.92 Å². The molecule has 7 heavy (non-hydrogen) atoms. The van der Waals surface area contributed by atoms with Crippen LogP contribution in [0.5, 0.6) is 0 Å². The zero-order valence-corrected chi connectivity index (χ0v) is 4.52. The summed E-state index contributed by atoms with van der Waals surface area (Å²) in [5.41, 5.74) is 2.74. The molecule has 0 saturated heterocycles. The van der Waals surface area contributed by atoms with E-state index in [2.05, 4.69) is 17.1 Å². The number of hydrogen-bond acceptors (Lipinski definition) is 2. The highest BCUT2D eigenvalue weighted by Crippen LogP contribution is 1.57. The fourth-order valence-electron chi connectivity index (χ4n) is 0.209. The van der Waals surface area contributed by atoms with Gasteiger partial charge in [-0.2, -0.15) is 5.10 Å². The number of nitrogens with one attached hydrogen (secondary N) is 1. The van der Waals surface area contributed by atoms with Crippen molar-refractivity contribution in [2.75, 3.05) is 6.54 Å². The van der Waals surface area contributed by atoms with Gasteiger partial charge in [-0.05, 0) is 6.92 Å². The molecular formula is C5H10N2. The predicted molar refractivity (Wildman–Crippen MR) is 32.4 cm³/mol. The number of hydrazone groups is 1. The van der Waals surface area contributed by atoms with Gasteiger partial charge in [0.25, 0.3) is 0 Å². The Morgan fingerprint density at radius 2 is 2.57 bits per heavy atom. The lowest BCUT2D eigenvalue weighted by molar-refractivity contribution is 0.831.